The van der Waals surface area contributed by atoms with Crippen LogP contribution < -0.4 is 5.32 Å². The Morgan fingerprint density at radius 3 is 2.88 bits per heavy atom. The Morgan fingerprint density at radius 2 is 2.28 bits per heavy atom. The van der Waals surface area contributed by atoms with Crippen molar-refractivity contribution in [3.8, 4) is 6.07 Å². The zero-order chi connectivity index (χ0) is 18.0. The number of thiazole rings is 1. The topological polar surface area (TPSA) is 65.8 Å². The molecular weight excluding hydrogens is 351 g/mol. The van der Waals surface area contributed by atoms with E-state index >= 15 is 0 Å². The fourth-order valence-corrected chi connectivity index (χ4v) is 3.75. The summed E-state index contributed by atoms with van der Waals surface area (Å²) in [5.41, 5.74) is 0.844. The molecule has 0 spiro atoms. The highest BCUT2D eigenvalue weighted by Crippen LogP contribution is 2.45. The minimum Gasteiger partial charge on any atom is -0.301 e. The number of nitriles is 1. The van der Waals surface area contributed by atoms with E-state index in [-0.39, 0.29) is 18.0 Å². The molecule has 0 radical (unpaired) electrons. The minimum atomic E-state index is -2.80. The second-order valence-electron chi connectivity index (χ2n) is 6.03. The number of nitrogens with one attached hydrogen (secondary N) is 1. The van der Waals surface area contributed by atoms with E-state index in [0.29, 0.717) is 22.5 Å². The summed E-state index contributed by atoms with van der Waals surface area (Å²) < 4.78 is 40.4. The lowest BCUT2D eigenvalue weighted by Crippen LogP contribution is -2.27. The highest BCUT2D eigenvalue weighted by molar-refractivity contribution is 7.14. The van der Waals surface area contributed by atoms with Gasteiger partial charge in [-0.3, -0.25) is 4.79 Å². The molecule has 3 rings (SSSR count). The fourth-order valence-electron chi connectivity index (χ4n) is 3.20. The lowest BCUT2D eigenvalue weighted by atomic mass is 9.83. The van der Waals surface area contributed by atoms with Gasteiger partial charge in [0.15, 0.2) is 10.3 Å². The van der Waals surface area contributed by atoms with Gasteiger partial charge < -0.3 is 5.32 Å². The number of rotatable bonds is 4. The second kappa shape index (κ2) is 6.84. The van der Waals surface area contributed by atoms with E-state index in [1.165, 1.54) is 6.07 Å². The van der Waals surface area contributed by atoms with Gasteiger partial charge in [0, 0.05) is 12.8 Å². The van der Waals surface area contributed by atoms with Gasteiger partial charge in [0.05, 0.1) is 23.7 Å². The van der Waals surface area contributed by atoms with Gasteiger partial charge in [0.2, 0.25) is 11.8 Å². The lowest BCUT2D eigenvalue weighted by molar-refractivity contribution is -0.118. The van der Waals surface area contributed by atoms with Gasteiger partial charge in [-0.2, -0.15) is 9.65 Å². The van der Waals surface area contributed by atoms with Gasteiger partial charge in [0.25, 0.3) is 0 Å². The summed E-state index contributed by atoms with van der Waals surface area (Å²) >= 11 is 0.668. The van der Waals surface area contributed by atoms with Crippen molar-refractivity contribution >= 4 is 22.4 Å². The van der Waals surface area contributed by atoms with Crippen LogP contribution in [0.5, 0.6) is 0 Å². The van der Waals surface area contributed by atoms with Crippen molar-refractivity contribution in [1.82, 2.24) is 4.98 Å². The largest absolute Gasteiger partial charge is 0.301 e. The van der Waals surface area contributed by atoms with E-state index in [1.807, 2.05) is 6.07 Å². The molecule has 1 aromatic carbocycles. The predicted octanol–water partition coefficient (Wildman–Crippen LogP) is 4.31. The van der Waals surface area contributed by atoms with E-state index in [9.17, 15) is 18.0 Å². The number of hydrogen-bond acceptors (Lipinski definition) is 4. The zero-order valence-electron chi connectivity index (χ0n) is 13.0. The molecule has 130 valence electrons. The lowest BCUT2D eigenvalue weighted by Gasteiger charge is -2.23. The average Bonchev–Trinajstić information content (AvgIpc) is 3.13. The molecule has 1 aliphatic carbocycles. The standard InChI is InChI=1S/C17H14F3N3OS/c18-13-9-22-16(25-13)23-15(24)14(12-4-5-17(19,20)7-12)11-3-1-2-10(6-11)8-21/h1-3,6,9,12,14H,4-5,7H2,(H,22,23,24)/t12-,14-/m0/s1. The Bertz CT molecular complexity index is 831. The number of aromatic nitrogens is 1. The van der Waals surface area contributed by atoms with Crippen molar-refractivity contribution < 1.29 is 18.0 Å². The highest BCUT2D eigenvalue weighted by Gasteiger charge is 2.45. The first-order valence-corrected chi connectivity index (χ1v) is 8.50. The molecular formula is C17H14F3N3OS. The Balaban J connectivity index is 1.91. The van der Waals surface area contributed by atoms with Crippen molar-refractivity contribution in [3.63, 3.8) is 0 Å². The summed E-state index contributed by atoms with van der Waals surface area (Å²) in [6.45, 7) is 0. The number of carbonyl (C=O) groups is 1. The van der Waals surface area contributed by atoms with E-state index < -0.39 is 35.2 Å². The Labute approximate surface area is 146 Å². The van der Waals surface area contributed by atoms with Crippen LogP contribution in [-0.4, -0.2) is 16.8 Å². The summed E-state index contributed by atoms with van der Waals surface area (Å²) in [6, 6.07) is 8.35. The first-order valence-electron chi connectivity index (χ1n) is 7.68. The van der Waals surface area contributed by atoms with Crippen molar-refractivity contribution in [2.24, 2.45) is 5.92 Å². The van der Waals surface area contributed by atoms with E-state index in [0.717, 1.165) is 6.20 Å². The summed E-state index contributed by atoms with van der Waals surface area (Å²) in [4.78, 5) is 16.5. The van der Waals surface area contributed by atoms with Crippen LogP contribution >= 0.6 is 11.3 Å². The third-order valence-corrected chi connectivity index (χ3v) is 4.98. The Kier molecular flexibility index (Phi) is 4.77. The first-order chi connectivity index (χ1) is 11.9. The molecule has 0 bridgehead atoms. The van der Waals surface area contributed by atoms with Crippen LogP contribution in [0.2, 0.25) is 0 Å². The van der Waals surface area contributed by atoms with Crippen LogP contribution in [0.4, 0.5) is 18.3 Å². The summed E-state index contributed by atoms with van der Waals surface area (Å²) in [5.74, 6) is -4.74. The van der Waals surface area contributed by atoms with Crippen molar-refractivity contribution in [1.29, 1.82) is 5.26 Å². The number of halogens is 3. The monoisotopic (exact) mass is 365 g/mol. The van der Waals surface area contributed by atoms with Gasteiger partial charge in [-0.05, 0) is 30.0 Å². The number of alkyl halides is 2. The molecule has 1 saturated carbocycles. The summed E-state index contributed by atoms with van der Waals surface area (Å²) in [5, 5.41) is 11.1. The van der Waals surface area contributed by atoms with Gasteiger partial charge in [0.1, 0.15) is 0 Å². The average molecular weight is 365 g/mol. The third kappa shape index (κ3) is 3.99. The number of anilines is 1. The molecule has 4 nitrogen and oxygen atoms in total. The first kappa shape index (κ1) is 17.4. The molecule has 25 heavy (non-hydrogen) atoms. The predicted molar refractivity (Wildman–Crippen MR) is 86.9 cm³/mol. The number of amides is 1. The summed E-state index contributed by atoms with van der Waals surface area (Å²) in [6.07, 6.45) is 0.517. The van der Waals surface area contributed by atoms with Crippen LogP contribution in [0.25, 0.3) is 0 Å². The number of carbonyl (C=O) groups excluding carboxylic acids is 1. The maximum Gasteiger partial charge on any atom is 0.248 e. The molecule has 1 N–H and O–H groups in total. The third-order valence-electron chi connectivity index (χ3n) is 4.28. The van der Waals surface area contributed by atoms with Gasteiger partial charge in [-0.15, -0.1) is 0 Å². The molecule has 0 aliphatic heterocycles. The smallest absolute Gasteiger partial charge is 0.248 e. The van der Waals surface area contributed by atoms with Crippen molar-refractivity contribution in [2.45, 2.75) is 31.1 Å². The molecule has 1 aliphatic rings. The quantitative estimate of drug-likeness (QED) is 0.878. The normalized spacial score (nSPS) is 20.0. The van der Waals surface area contributed by atoms with E-state index in [4.69, 9.17) is 5.26 Å². The molecule has 0 saturated heterocycles. The number of nitrogens with zero attached hydrogens (tertiary/aromatic N) is 2. The molecule has 1 aromatic heterocycles. The van der Waals surface area contributed by atoms with E-state index in [1.54, 1.807) is 18.2 Å². The summed E-state index contributed by atoms with van der Waals surface area (Å²) in [7, 11) is 0. The second-order valence-corrected chi connectivity index (χ2v) is 7.01. The number of benzene rings is 1. The van der Waals surface area contributed by atoms with Gasteiger partial charge >= 0.3 is 0 Å². The van der Waals surface area contributed by atoms with Crippen LogP contribution in [-0.2, 0) is 4.79 Å². The molecule has 1 heterocycles. The Morgan fingerprint density at radius 1 is 1.48 bits per heavy atom. The zero-order valence-corrected chi connectivity index (χ0v) is 13.8. The number of hydrogen-bond donors (Lipinski definition) is 1. The molecule has 1 amide bonds. The minimum absolute atomic E-state index is 0.0775. The Hall–Kier alpha value is -2.40. The molecule has 1 fully saturated rings. The SMILES string of the molecule is N#Cc1cccc([C@H](C(=O)Nc2ncc(F)s2)[C@H]2CCC(F)(F)C2)c1. The maximum absolute atomic E-state index is 13.7. The molecule has 2 aromatic rings. The highest BCUT2D eigenvalue weighted by atomic mass is 32.1. The molecule has 8 heteroatoms. The molecule has 0 unspecified atom stereocenters. The van der Waals surface area contributed by atoms with Crippen molar-refractivity contribution in [2.75, 3.05) is 5.32 Å². The van der Waals surface area contributed by atoms with Crippen LogP contribution in [0.15, 0.2) is 30.5 Å². The van der Waals surface area contributed by atoms with Crippen LogP contribution in [0, 0.1) is 22.4 Å². The van der Waals surface area contributed by atoms with Gasteiger partial charge in [-0.1, -0.05) is 23.5 Å². The van der Waals surface area contributed by atoms with Crippen LogP contribution in [0.1, 0.15) is 36.3 Å². The molecule has 2 atom stereocenters. The maximum atomic E-state index is 13.7. The van der Waals surface area contributed by atoms with Crippen molar-refractivity contribution in [3.05, 3.63) is 46.7 Å². The van der Waals surface area contributed by atoms with Gasteiger partial charge in [-0.25, -0.2) is 13.8 Å². The van der Waals surface area contributed by atoms with E-state index in [2.05, 4.69) is 10.3 Å². The van der Waals surface area contributed by atoms with Crippen LogP contribution in [0.3, 0.4) is 0 Å². The fraction of sp³-hybridized carbons (Fsp3) is 0.353.